The van der Waals surface area contributed by atoms with Crippen molar-refractivity contribution < 1.29 is 10.2 Å². The van der Waals surface area contributed by atoms with Gasteiger partial charge in [-0.3, -0.25) is 9.97 Å². The number of fused-ring (bicyclic) bond motifs is 2. The Kier molecular flexibility index (Phi) is 5.72. The molecule has 0 fully saturated rings. The van der Waals surface area contributed by atoms with Crippen molar-refractivity contribution in [3.63, 3.8) is 0 Å². The minimum Gasteiger partial charge on any atom is -0.507 e. The Morgan fingerprint density at radius 2 is 0.775 bits per heavy atom. The van der Waals surface area contributed by atoms with E-state index in [4.69, 9.17) is 0 Å². The zero-order chi connectivity index (χ0) is 27.1. The third-order valence-electron chi connectivity index (χ3n) is 7.39. The molecule has 0 atom stereocenters. The van der Waals surface area contributed by atoms with Crippen molar-refractivity contribution >= 4 is 21.5 Å². The molecule has 0 amide bonds. The highest BCUT2D eigenvalue weighted by Crippen LogP contribution is 2.46. The average Bonchev–Trinajstić information content (AvgIpc) is 3.00. The molecule has 2 heterocycles. The van der Waals surface area contributed by atoms with Gasteiger partial charge in [-0.25, -0.2) is 0 Å². The molecule has 4 nitrogen and oxygen atoms in total. The van der Waals surface area contributed by atoms with Crippen LogP contribution in [0.15, 0.2) is 134 Å². The first-order chi connectivity index (χ1) is 19.7. The Balaban J connectivity index is 1.46. The highest BCUT2D eigenvalue weighted by molar-refractivity contribution is 6.21. The summed E-state index contributed by atoms with van der Waals surface area (Å²) in [6.45, 7) is 0. The number of hydrogen-bond donors (Lipinski definition) is 2. The molecule has 0 saturated carbocycles. The number of nitrogens with zero attached hydrogens (tertiary/aromatic N) is 2. The molecule has 7 aromatic rings. The smallest absolute Gasteiger partial charge is 0.125 e. The van der Waals surface area contributed by atoms with Crippen molar-refractivity contribution in [1.29, 1.82) is 0 Å². The second-order valence-corrected chi connectivity index (χ2v) is 9.73. The van der Waals surface area contributed by atoms with E-state index >= 15 is 0 Å². The van der Waals surface area contributed by atoms with Gasteiger partial charge >= 0.3 is 0 Å². The first kappa shape index (κ1) is 23.6. The minimum absolute atomic E-state index is 0.184. The Morgan fingerprint density at radius 3 is 1.10 bits per heavy atom. The van der Waals surface area contributed by atoms with Crippen LogP contribution in [0.4, 0.5) is 0 Å². The third-order valence-corrected chi connectivity index (χ3v) is 7.39. The van der Waals surface area contributed by atoms with Crippen LogP contribution < -0.4 is 0 Å². The molecule has 0 aliphatic carbocycles. The number of pyridine rings is 2. The molecule has 2 N–H and O–H groups in total. The van der Waals surface area contributed by atoms with Crippen molar-refractivity contribution in [2.45, 2.75) is 0 Å². The Labute approximate surface area is 231 Å². The molecule has 5 aromatic carbocycles. The number of aromatic nitrogens is 2. The number of rotatable bonds is 4. The van der Waals surface area contributed by atoms with E-state index in [2.05, 4.69) is 34.2 Å². The molecule has 7 rings (SSSR count). The van der Waals surface area contributed by atoms with Crippen LogP contribution in [0.1, 0.15) is 0 Å². The van der Waals surface area contributed by atoms with Gasteiger partial charge in [-0.15, -0.1) is 0 Å². The summed E-state index contributed by atoms with van der Waals surface area (Å²) >= 11 is 0. The Bertz CT molecular complexity index is 1820. The Morgan fingerprint density at radius 1 is 0.400 bits per heavy atom. The van der Waals surface area contributed by atoms with Gasteiger partial charge in [0.05, 0.1) is 11.4 Å². The van der Waals surface area contributed by atoms with Gasteiger partial charge in [-0.2, -0.15) is 0 Å². The Hall–Kier alpha value is -5.48. The van der Waals surface area contributed by atoms with Crippen molar-refractivity contribution in [1.82, 2.24) is 9.97 Å². The van der Waals surface area contributed by atoms with Crippen molar-refractivity contribution in [3.8, 4) is 56.3 Å². The zero-order valence-electron chi connectivity index (χ0n) is 21.5. The van der Waals surface area contributed by atoms with Gasteiger partial charge in [0.2, 0.25) is 0 Å². The molecule has 0 bridgehead atoms. The second kappa shape index (κ2) is 9.68. The number of benzene rings is 5. The molecule has 4 heteroatoms. The van der Waals surface area contributed by atoms with Crippen LogP contribution in [0.2, 0.25) is 0 Å². The van der Waals surface area contributed by atoms with E-state index in [9.17, 15) is 10.2 Å². The maximum atomic E-state index is 11.1. The fraction of sp³-hybridized carbons (Fsp3) is 0. The van der Waals surface area contributed by atoms with Gasteiger partial charge in [-0.05, 0) is 92.3 Å². The second-order valence-electron chi connectivity index (χ2n) is 9.73. The van der Waals surface area contributed by atoms with Gasteiger partial charge in [0.25, 0.3) is 0 Å². The van der Waals surface area contributed by atoms with E-state index in [1.165, 1.54) is 0 Å². The van der Waals surface area contributed by atoms with Crippen LogP contribution in [0.5, 0.6) is 11.5 Å². The van der Waals surface area contributed by atoms with E-state index in [1.54, 1.807) is 12.4 Å². The maximum Gasteiger partial charge on any atom is 0.125 e. The summed E-state index contributed by atoms with van der Waals surface area (Å²) in [6.07, 6.45) is 3.45. The number of phenolic OH excluding ortho intramolecular Hbond substituents is 2. The summed E-state index contributed by atoms with van der Waals surface area (Å²) < 4.78 is 0. The van der Waals surface area contributed by atoms with Crippen LogP contribution in [0.25, 0.3) is 66.3 Å². The monoisotopic (exact) mass is 516 g/mol. The quantitative estimate of drug-likeness (QED) is 0.229. The minimum atomic E-state index is 0.184. The largest absolute Gasteiger partial charge is 0.507 e. The number of hydrogen-bond acceptors (Lipinski definition) is 4. The molecule has 0 aliphatic rings. The summed E-state index contributed by atoms with van der Waals surface area (Å²) in [5, 5.41) is 26.4. The molecular formula is C36H24N2O2. The van der Waals surface area contributed by atoms with Gasteiger partial charge in [0, 0.05) is 23.5 Å². The first-order valence-electron chi connectivity index (χ1n) is 13.1. The summed E-state index contributed by atoms with van der Waals surface area (Å²) in [6, 6.07) is 39.5. The average molecular weight is 517 g/mol. The molecule has 190 valence electrons. The standard InChI is InChI=1S/C36H24N2O2/c39-33-21-23(15-17-29(33)31-13-5-7-19-37-31)35-25-9-1-2-10-26(25)36(28-12-4-3-11-27(28)35)24-16-18-30(34(40)22-24)32-14-6-8-20-38-32/h1-22,39-40H. The van der Waals surface area contributed by atoms with E-state index in [-0.39, 0.29) is 11.5 Å². The molecule has 0 spiro atoms. The number of aromatic hydroxyl groups is 2. The molecule has 0 saturated heterocycles. The highest BCUT2D eigenvalue weighted by atomic mass is 16.3. The molecule has 2 aromatic heterocycles. The zero-order valence-corrected chi connectivity index (χ0v) is 21.5. The van der Waals surface area contributed by atoms with Crippen LogP contribution in [-0.4, -0.2) is 20.2 Å². The lowest BCUT2D eigenvalue weighted by molar-refractivity contribution is 0.477. The number of phenols is 2. The van der Waals surface area contributed by atoms with Crippen molar-refractivity contribution in [2.24, 2.45) is 0 Å². The molecule has 0 unspecified atom stereocenters. The lowest BCUT2D eigenvalue weighted by Crippen LogP contribution is -1.92. The van der Waals surface area contributed by atoms with Gasteiger partial charge in [0.15, 0.2) is 0 Å². The fourth-order valence-electron chi connectivity index (χ4n) is 5.60. The SMILES string of the molecule is Oc1cc(-c2c3ccccc3c(-c3ccc(-c4ccccn4)c(O)c3)c3ccccc23)ccc1-c1ccccn1. The molecule has 0 radical (unpaired) electrons. The lowest BCUT2D eigenvalue weighted by atomic mass is 9.85. The van der Waals surface area contributed by atoms with Crippen LogP contribution in [0.3, 0.4) is 0 Å². The predicted octanol–water partition coefficient (Wildman–Crippen LogP) is 8.86. The maximum absolute atomic E-state index is 11.1. The predicted molar refractivity (Wildman–Crippen MR) is 162 cm³/mol. The highest BCUT2D eigenvalue weighted by Gasteiger charge is 2.18. The van der Waals surface area contributed by atoms with Gasteiger partial charge in [0.1, 0.15) is 11.5 Å². The van der Waals surface area contributed by atoms with E-state index < -0.39 is 0 Å². The van der Waals surface area contributed by atoms with Gasteiger partial charge < -0.3 is 10.2 Å². The van der Waals surface area contributed by atoms with Crippen LogP contribution >= 0.6 is 0 Å². The third kappa shape index (κ3) is 3.94. The molecule has 40 heavy (non-hydrogen) atoms. The normalized spacial score (nSPS) is 11.2. The summed E-state index contributed by atoms with van der Waals surface area (Å²) in [5.74, 6) is 0.368. The van der Waals surface area contributed by atoms with Crippen molar-refractivity contribution in [2.75, 3.05) is 0 Å². The van der Waals surface area contributed by atoms with Crippen LogP contribution in [-0.2, 0) is 0 Å². The lowest BCUT2D eigenvalue weighted by Gasteiger charge is -2.18. The van der Waals surface area contributed by atoms with E-state index in [1.807, 2.05) is 97.1 Å². The topological polar surface area (TPSA) is 66.2 Å². The van der Waals surface area contributed by atoms with Gasteiger partial charge in [-0.1, -0.05) is 72.8 Å². The molecule has 0 aliphatic heterocycles. The fourth-order valence-corrected chi connectivity index (χ4v) is 5.60. The molecular weight excluding hydrogens is 492 g/mol. The van der Waals surface area contributed by atoms with E-state index in [0.717, 1.165) is 55.2 Å². The summed E-state index contributed by atoms with van der Waals surface area (Å²) in [4.78, 5) is 8.81. The van der Waals surface area contributed by atoms with Crippen LogP contribution in [0, 0.1) is 0 Å². The van der Waals surface area contributed by atoms with Crippen molar-refractivity contribution in [3.05, 3.63) is 134 Å². The first-order valence-corrected chi connectivity index (χ1v) is 13.1. The summed E-state index contributed by atoms with van der Waals surface area (Å²) in [7, 11) is 0. The summed E-state index contributed by atoms with van der Waals surface area (Å²) in [5.41, 5.74) is 6.78. The van der Waals surface area contributed by atoms with E-state index in [0.29, 0.717) is 11.1 Å².